The molecule has 0 aliphatic carbocycles. The third-order valence-corrected chi connectivity index (χ3v) is 3.40. The SMILES string of the molecule is O=C(CCNC(=O)OCc1ccccc1)Nc1c(Cl)nc(Cl)[nH]c1=O. The van der Waals surface area contributed by atoms with Crippen molar-refractivity contribution < 1.29 is 14.3 Å². The third kappa shape index (κ3) is 6.09. The van der Waals surface area contributed by atoms with Crippen LogP contribution in [0.25, 0.3) is 0 Å². The molecule has 8 nitrogen and oxygen atoms in total. The van der Waals surface area contributed by atoms with Crippen LogP contribution in [0.4, 0.5) is 10.5 Å². The van der Waals surface area contributed by atoms with E-state index in [1.54, 1.807) is 0 Å². The fraction of sp³-hybridized carbons (Fsp3) is 0.200. The van der Waals surface area contributed by atoms with Crippen LogP contribution in [-0.2, 0) is 16.1 Å². The number of benzene rings is 1. The van der Waals surface area contributed by atoms with Crippen molar-refractivity contribution in [3.05, 3.63) is 56.7 Å². The van der Waals surface area contributed by atoms with E-state index in [4.69, 9.17) is 27.9 Å². The molecule has 0 aliphatic heterocycles. The molecule has 0 fully saturated rings. The molecule has 0 radical (unpaired) electrons. The van der Waals surface area contributed by atoms with Gasteiger partial charge in [0.1, 0.15) is 12.3 Å². The molecule has 2 amide bonds. The lowest BCUT2D eigenvalue weighted by molar-refractivity contribution is -0.116. The number of amides is 2. The highest BCUT2D eigenvalue weighted by atomic mass is 35.5. The van der Waals surface area contributed by atoms with Gasteiger partial charge in [-0.2, -0.15) is 0 Å². The number of nitrogens with zero attached hydrogens (tertiary/aromatic N) is 1. The van der Waals surface area contributed by atoms with Crippen LogP contribution in [0, 0.1) is 0 Å². The van der Waals surface area contributed by atoms with Crippen LogP contribution in [0.15, 0.2) is 35.1 Å². The van der Waals surface area contributed by atoms with Crippen molar-refractivity contribution in [3.63, 3.8) is 0 Å². The van der Waals surface area contributed by atoms with E-state index in [0.29, 0.717) is 0 Å². The minimum absolute atomic E-state index is 0.0238. The van der Waals surface area contributed by atoms with Gasteiger partial charge < -0.3 is 15.4 Å². The standard InChI is InChI=1S/C15H14Cl2N4O4/c16-12-11(13(23)21-14(17)20-12)19-10(22)6-7-18-15(24)25-8-9-4-2-1-3-5-9/h1-5H,6-8H2,(H,18,24)(H,19,22)(H,20,21,23). The monoisotopic (exact) mass is 384 g/mol. The Morgan fingerprint density at radius 2 is 1.92 bits per heavy atom. The van der Waals surface area contributed by atoms with Gasteiger partial charge in [0.25, 0.3) is 5.56 Å². The molecular formula is C15H14Cl2N4O4. The van der Waals surface area contributed by atoms with Crippen LogP contribution >= 0.6 is 23.2 Å². The summed E-state index contributed by atoms with van der Waals surface area (Å²) >= 11 is 11.3. The highest BCUT2D eigenvalue weighted by Crippen LogP contribution is 2.15. The Hall–Kier alpha value is -2.58. The molecule has 0 atom stereocenters. The van der Waals surface area contributed by atoms with E-state index in [1.807, 2.05) is 30.3 Å². The van der Waals surface area contributed by atoms with Gasteiger partial charge in [0.05, 0.1) is 0 Å². The van der Waals surface area contributed by atoms with E-state index in [2.05, 4.69) is 20.6 Å². The minimum atomic E-state index is -0.673. The van der Waals surface area contributed by atoms with Gasteiger partial charge >= 0.3 is 6.09 Å². The number of halogens is 2. The predicted molar refractivity (Wildman–Crippen MR) is 92.8 cm³/mol. The first-order valence-electron chi connectivity index (χ1n) is 7.15. The second-order valence-electron chi connectivity index (χ2n) is 4.81. The normalized spacial score (nSPS) is 10.2. The Bertz CT molecular complexity index is 811. The highest BCUT2D eigenvalue weighted by Gasteiger charge is 2.13. The zero-order chi connectivity index (χ0) is 18.2. The van der Waals surface area contributed by atoms with Crippen LogP contribution in [0.1, 0.15) is 12.0 Å². The van der Waals surface area contributed by atoms with Crippen molar-refractivity contribution in [2.24, 2.45) is 0 Å². The van der Waals surface area contributed by atoms with Gasteiger partial charge in [-0.3, -0.25) is 14.6 Å². The maximum atomic E-state index is 11.8. The summed E-state index contributed by atoms with van der Waals surface area (Å²) in [5.74, 6) is -0.528. The Morgan fingerprint density at radius 1 is 1.20 bits per heavy atom. The summed E-state index contributed by atoms with van der Waals surface area (Å²) < 4.78 is 5.00. The first-order valence-corrected chi connectivity index (χ1v) is 7.91. The summed E-state index contributed by atoms with van der Waals surface area (Å²) in [5.41, 5.74) is -0.0317. The number of ether oxygens (including phenoxy) is 1. The van der Waals surface area contributed by atoms with E-state index in [0.717, 1.165) is 5.56 Å². The molecule has 1 aromatic carbocycles. The Labute approximate surface area is 152 Å². The van der Waals surface area contributed by atoms with E-state index in [-0.39, 0.29) is 35.7 Å². The summed E-state index contributed by atoms with van der Waals surface area (Å²) in [7, 11) is 0. The van der Waals surface area contributed by atoms with Gasteiger partial charge in [-0.15, -0.1) is 0 Å². The number of aromatic amines is 1. The number of alkyl carbamates (subject to hydrolysis) is 1. The topological polar surface area (TPSA) is 113 Å². The quantitative estimate of drug-likeness (QED) is 0.522. The zero-order valence-corrected chi connectivity index (χ0v) is 14.4. The van der Waals surface area contributed by atoms with Gasteiger partial charge in [0.15, 0.2) is 5.15 Å². The van der Waals surface area contributed by atoms with Gasteiger partial charge in [-0.1, -0.05) is 41.9 Å². The number of carbonyl (C=O) groups is 2. The molecule has 0 unspecified atom stereocenters. The molecule has 0 bridgehead atoms. The Kier molecular flexibility index (Phi) is 6.79. The van der Waals surface area contributed by atoms with E-state index in [9.17, 15) is 14.4 Å². The number of nitrogens with one attached hydrogen (secondary N) is 3. The second kappa shape index (κ2) is 9.05. The van der Waals surface area contributed by atoms with Gasteiger partial charge in [-0.05, 0) is 17.2 Å². The maximum Gasteiger partial charge on any atom is 0.407 e. The fourth-order valence-electron chi connectivity index (χ4n) is 1.78. The molecule has 0 saturated carbocycles. The molecule has 2 rings (SSSR count). The smallest absolute Gasteiger partial charge is 0.407 e. The average Bonchev–Trinajstić information content (AvgIpc) is 2.57. The van der Waals surface area contributed by atoms with Crippen LogP contribution in [0.3, 0.4) is 0 Å². The number of hydrogen-bond acceptors (Lipinski definition) is 5. The number of rotatable bonds is 6. The molecule has 1 heterocycles. The van der Waals surface area contributed by atoms with Gasteiger partial charge in [0, 0.05) is 13.0 Å². The summed E-state index contributed by atoms with van der Waals surface area (Å²) in [6.45, 7) is 0.149. The predicted octanol–water partition coefficient (Wildman–Crippen LogP) is 2.33. The number of aromatic nitrogens is 2. The molecule has 25 heavy (non-hydrogen) atoms. The largest absolute Gasteiger partial charge is 0.445 e. The van der Waals surface area contributed by atoms with Crippen molar-refractivity contribution in [2.45, 2.75) is 13.0 Å². The molecule has 1 aromatic heterocycles. The van der Waals surface area contributed by atoms with Gasteiger partial charge in [-0.25, -0.2) is 9.78 Å². The van der Waals surface area contributed by atoms with Crippen LogP contribution in [0.5, 0.6) is 0 Å². The van der Waals surface area contributed by atoms with Crippen LogP contribution in [0.2, 0.25) is 10.4 Å². The second-order valence-corrected chi connectivity index (χ2v) is 5.53. The molecule has 0 aliphatic rings. The molecule has 0 spiro atoms. The number of H-pyrrole nitrogens is 1. The molecule has 3 N–H and O–H groups in total. The maximum absolute atomic E-state index is 11.8. The van der Waals surface area contributed by atoms with Crippen molar-refractivity contribution >= 4 is 40.9 Å². The third-order valence-electron chi connectivity index (χ3n) is 2.94. The first-order chi connectivity index (χ1) is 12.0. The number of carbonyl (C=O) groups excluding carboxylic acids is 2. The van der Waals surface area contributed by atoms with Gasteiger partial charge in [0.2, 0.25) is 11.2 Å². The van der Waals surface area contributed by atoms with Crippen molar-refractivity contribution in [1.82, 2.24) is 15.3 Å². The number of anilines is 1. The summed E-state index contributed by atoms with van der Waals surface area (Å²) in [6, 6.07) is 9.17. The molecule has 10 heteroatoms. The minimum Gasteiger partial charge on any atom is -0.445 e. The lowest BCUT2D eigenvalue weighted by atomic mass is 10.2. The molecule has 0 saturated heterocycles. The van der Waals surface area contributed by atoms with E-state index >= 15 is 0 Å². The molecule has 132 valence electrons. The summed E-state index contributed by atoms with van der Waals surface area (Å²) in [6.07, 6.45) is -0.737. The fourth-order valence-corrected chi connectivity index (χ4v) is 2.21. The van der Waals surface area contributed by atoms with Crippen LogP contribution < -0.4 is 16.2 Å². The Morgan fingerprint density at radius 3 is 2.60 bits per heavy atom. The summed E-state index contributed by atoms with van der Waals surface area (Å²) in [4.78, 5) is 40.8. The average molecular weight is 385 g/mol. The van der Waals surface area contributed by atoms with Crippen LogP contribution in [-0.4, -0.2) is 28.5 Å². The number of hydrogen-bond donors (Lipinski definition) is 3. The lowest BCUT2D eigenvalue weighted by Gasteiger charge is -2.08. The highest BCUT2D eigenvalue weighted by molar-refractivity contribution is 6.34. The summed E-state index contributed by atoms with van der Waals surface area (Å²) in [5, 5.41) is 4.33. The first kappa shape index (κ1) is 18.8. The Balaban J connectivity index is 1.73. The molecular weight excluding hydrogens is 371 g/mol. The van der Waals surface area contributed by atoms with Crippen molar-refractivity contribution in [3.8, 4) is 0 Å². The molecule has 2 aromatic rings. The van der Waals surface area contributed by atoms with E-state index in [1.165, 1.54) is 0 Å². The van der Waals surface area contributed by atoms with Crippen molar-refractivity contribution in [2.75, 3.05) is 11.9 Å². The lowest BCUT2D eigenvalue weighted by Crippen LogP contribution is -2.29. The van der Waals surface area contributed by atoms with Crippen molar-refractivity contribution in [1.29, 1.82) is 0 Å². The van der Waals surface area contributed by atoms with E-state index < -0.39 is 17.6 Å². The zero-order valence-electron chi connectivity index (χ0n) is 12.8.